The number of fused-ring (bicyclic) bond motifs is 1. The van der Waals surface area contributed by atoms with Crippen LogP contribution in [0.2, 0.25) is 0 Å². The van der Waals surface area contributed by atoms with Gasteiger partial charge in [-0.15, -0.1) is 0 Å². The van der Waals surface area contributed by atoms with E-state index in [1.54, 1.807) is 19.1 Å². The van der Waals surface area contributed by atoms with E-state index in [0.29, 0.717) is 48.8 Å². The third kappa shape index (κ3) is 4.82. The molecule has 174 valence electrons. The third-order valence-corrected chi connectivity index (χ3v) is 6.29. The van der Waals surface area contributed by atoms with Crippen LogP contribution in [0.3, 0.4) is 0 Å². The number of rotatable bonds is 6. The van der Waals surface area contributed by atoms with Crippen LogP contribution in [0.4, 0.5) is 4.39 Å². The summed E-state index contributed by atoms with van der Waals surface area (Å²) in [6.07, 6.45) is 2.49. The fourth-order valence-electron chi connectivity index (χ4n) is 4.27. The van der Waals surface area contributed by atoms with E-state index in [-0.39, 0.29) is 11.7 Å². The van der Waals surface area contributed by atoms with Gasteiger partial charge < -0.3 is 9.42 Å². The van der Waals surface area contributed by atoms with Crippen molar-refractivity contribution in [3.8, 4) is 11.4 Å². The van der Waals surface area contributed by atoms with E-state index >= 15 is 0 Å². The zero-order valence-corrected chi connectivity index (χ0v) is 19.1. The first-order valence-corrected chi connectivity index (χ1v) is 11.5. The Morgan fingerprint density at radius 3 is 2.74 bits per heavy atom. The van der Waals surface area contributed by atoms with Crippen molar-refractivity contribution in [1.29, 1.82) is 0 Å². The van der Waals surface area contributed by atoms with E-state index in [1.165, 1.54) is 11.6 Å². The molecule has 4 aromatic rings. The lowest BCUT2D eigenvalue weighted by atomic mass is 10.1. The van der Waals surface area contributed by atoms with Gasteiger partial charge in [0.1, 0.15) is 5.82 Å². The second-order valence-electron chi connectivity index (χ2n) is 8.62. The van der Waals surface area contributed by atoms with Gasteiger partial charge in [0, 0.05) is 62.7 Å². The van der Waals surface area contributed by atoms with Crippen LogP contribution in [0.5, 0.6) is 0 Å². The minimum atomic E-state index is -0.310. The molecule has 2 aromatic heterocycles. The highest BCUT2D eigenvalue weighted by molar-refractivity contribution is 5.81. The number of halogens is 1. The van der Waals surface area contributed by atoms with Gasteiger partial charge >= 0.3 is 0 Å². The molecule has 8 heteroatoms. The molecule has 7 nitrogen and oxygen atoms in total. The highest BCUT2D eigenvalue weighted by Gasteiger charge is 2.22. The van der Waals surface area contributed by atoms with Crippen molar-refractivity contribution < 1.29 is 13.7 Å². The highest BCUT2D eigenvalue weighted by Crippen LogP contribution is 2.20. The van der Waals surface area contributed by atoms with E-state index in [1.807, 2.05) is 17.2 Å². The van der Waals surface area contributed by atoms with Crippen molar-refractivity contribution in [3.63, 3.8) is 0 Å². The number of carbonyl (C=O) groups excluding carboxylic acids is 1. The topological polar surface area (TPSA) is 75.4 Å². The zero-order chi connectivity index (χ0) is 23.5. The lowest BCUT2D eigenvalue weighted by molar-refractivity contribution is -0.133. The fourth-order valence-corrected chi connectivity index (χ4v) is 4.27. The molecule has 1 aliphatic heterocycles. The molecular weight excluding hydrogens is 433 g/mol. The summed E-state index contributed by atoms with van der Waals surface area (Å²) in [6.45, 7) is 5.54. The molecule has 0 aliphatic carbocycles. The number of hydrogen-bond donors (Lipinski definition) is 0. The second-order valence-corrected chi connectivity index (χ2v) is 8.62. The molecular formula is C26H26FN5O2. The molecule has 0 N–H and O–H groups in total. The first-order valence-electron chi connectivity index (χ1n) is 11.5. The van der Waals surface area contributed by atoms with Crippen LogP contribution in [0, 0.1) is 12.7 Å². The van der Waals surface area contributed by atoms with Crippen LogP contribution >= 0.6 is 0 Å². The first-order chi connectivity index (χ1) is 16.6. The fraction of sp³-hybridized carbons (Fsp3) is 0.308. The number of aryl methyl sites for hydroxylation is 2. The smallest absolute Gasteiger partial charge is 0.227 e. The Hall–Kier alpha value is -3.65. The van der Waals surface area contributed by atoms with E-state index in [4.69, 9.17) is 4.52 Å². The molecule has 1 amide bonds. The Kier molecular flexibility index (Phi) is 6.31. The molecule has 2 aromatic carbocycles. The quantitative estimate of drug-likeness (QED) is 0.434. The van der Waals surface area contributed by atoms with Crippen molar-refractivity contribution in [3.05, 3.63) is 77.6 Å². The first kappa shape index (κ1) is 22.2. The van der Waals surface area contributed by atoms with E-state index in [2.05, 4.69) is 44.3 Å². The monoisotopic (exact) mass is 459 g/mol. The predicted molar refractivity (Wildman–Crippen MR) is 126 cm³/mol. The summed E-state index contributed by atoms with van der Waals surface area (Å²) in [5.41, 5.74) is 3.36. The van der Waals surface area contributed by atoms with Crippen LogP contribution in [-0.2, 0) is 17.8 Å². The van der Waals surface area contributed by atoms with Gasteiger partial charge in [0.05, 0.1) is 5.52 Å². The Labute approximate surface area is 197 Å². The van der Waals surface area contributed by atoms with Gasteiger partial charge in [-0.3, -0.25) is 14.7 Å². The normalized spacial score (nSPS) is 14.6. The minimum Gasteiger partial charge on any atom is -0.340 e. The Balaban J connectivity index is 1.12. The lowest BCUT2D eigenvalue weighted by Crippen LogP contribution is -2.48. The summed E-state index contributed by atoms with van der Waals surface area (Å²) in [5.74, 6) is 0.479. The standard InChI is InChI=1S/C26H26FN5O2/c1-18-7-8-20(16-22(18)27)26-29-23(34-30-26)9-10-24(33)32-14-12-31(13-15-32)17-21-5-2-4-19-6-3-11-28-25(19)21/h2-8,11,16H,9-10,12-15,17H2,1H3. The molecule has 0 atom stereocenters. The lowest BCUT2D eigenvalue weighted by Gasteiger charge is -2.34. The van der Waals surface area contributed by atoms with Crippen LogP contribution in [0.25, 0.3) is 22.3 Å². The molecule has 0 saturated carbocycles. The maximum Gasteiger partial charge on any atom is 0.227 e. The summed E-state index contributed by atoms with van der Waals surface area (Å²) in [6, 6.07) is 15.1. The molecule has 1 fully saturated rings. The van der Waals surface area contributed by atoms with Crippen molar-refractivity contribution in [2.24, 2.45) is 0 Å². The number of amides is 1. The van der Waals surface area contributed by atoms with Crippen LogP contribution < -0.4 is 0 Å². The number of hydrogen-bond acceptors (Lipinski definition) is 6. The summed E-state index contributed by atoms with van der Waals surface area (Å²) >= 11 is 0. The van der Waals surface area contributed by atoms with E-state index < -0.39 is 0 Å². The van der Waals surface area contributed by atoms with Gasteiger partial charge in [-0.25, -0.2) is 4.39 Å². The molecule has 0 spiro atoms. The number of carbonyl (C=O) groups is 1. The van der Waals surface area contributed by atoms with E-state index in [0.717, 1.165) is 30.5 Å². The van der Waals surface area contributed by atoms with Gasteiger partial charge in [-0.1, -0.05) is 41.6 Å². The predicted octanol–water partition coefficient (Wildman–Crippen LogP) is 4.01. The SMILES string of the molecule is Cc1ccc(-c2noc(CCC(=O)N3CCN(Cc4cccc5cccnc45)CC3)n2)cc1F. The molecule has 0 radical (unpaired) electrons. The summed E-state index contributed by atoms with van der Waals surface area (Å²) in [4.78, 5) is 25.8. The van der Waals surface area contributed by atoms with Gasteiger partial charge in [-0.05, 0) is 30.2 Å². The summed E-state index contributed by atoms with van der Waals surface area (Å²) < 4.78 is 19.1. The molecule has 1 aliphatic rings. The molecule has 0 bridgehead atoms. The number of benzene rings is 2. The zero-order valence-electron chi connectivity index (χ0n) is 19.1. The summed E-state index contributed by atoms with van der Waals surface area (Å²) in [5, 5.41) is 5.07. The number of piperazine rings is 1. The summed E-state index contributed by atoms with van der Waals surface area (Å²) in [7, 11) is 0. The largest absolute Gasteiger partial charge is 0.340 e. The maximum atomic E-state index is 13.8. The van der Waals surface area contributed by atoms with Gasteiger partial charge in [0.25, 0.3) is 0 Å². The molecule has 34 heavy (non-hydrogen) atoms. The molecule has 0 unspecified atom stereocenters. The van der Waals surface area contributed by atoms with Crippen LogP contribution in [0.15, 0.2) is 59.3 Å². The number of para-hydroxylation sites is 1. The van der Waals surface area contributed by atoms with Crippen molar-refractivity contribution >= 4 is 16.8 Å². The third-order valence-electron chi connectivity index (χ3n) is 6.29. The van der Waals surface area contributed by atoms with Crippen molar-refractivity contribution in [2.45, 2.75) is 26.3 Å². The number of pyridine rings is 1. The second kappa shape index (κ2) is 9.69. The number of nitrogens with zero attached hydrogens (tertiary/aromatic N) is 5. The van der Waals surface area contributed by atoms with Crippen LogP contribution in [-0.4, -0.2) is 57.0 Å². The Morgan fingerprint density at radius 1 is 1.09 bits per heavy atom. The average molecular weight is 460 g/mol. The van der Waals surface area contributed by atoms with Crippen molar-refractivity contribution in [1.82, 2.24) is 24.9 Å². The van der Waals surface area contributed by atoms with Crippen molar-refractivity contribution in [2.75, 3.05) is 26.2 Å². The number of aromatic nitrogens is 3. The molecule has 1 saturated heterocycles. The Bertz CT molecular complexity index is 1310. The van der Waals surface area contributed by atoms with Gasteiger partial charge in [0.2, 0.25) is 17.6 Å². The Morgan fingerprint density at radius 2 is 1.91 bits per heavy atom. The highest BCUT2D eigenvalue weighted by atomic mass is 19.1. The molecule has 3 heterocycles. The molecule has 5 rings (SSSR count). The average Bonchev–Trinajstić information content (AvgIpc) is 3.34. The van der Waals surface area contributed by atoms with Gasteiger partial charge in [-0.2, -0.15) is 4.98 Å². The maximum absolute atomic E-state index is 13.8. The van der Waals surface area contributed by atoms with E-state index in [9.17, 15) is 9.18 Å². The van der Waals surface area contributed by atoms with Gasteiger partial charge in [0.15, 0.2) is 0 Å². The minimum absolute atomic E-state index is 0.0765. The van der Waals surface area contributed by atoms with Crippen LogP contribution in [0.1, 0.15) is 23.4 Å².